The summed E-state index contributed by atoms with van der Waals surface area (Å²) in [6, 6.07) is 1.24. The van der Waals surface area contributed by atoms with Crippen LogP contribution in [-0.4, -0.2) is 38.5 Å². The first kappa shape index (κ1) is 18.5. The van der Waals surface area contributed by atoms with Crippen molar-refractivity contribution in [1.29, 1.82) is 0 Å². The Bertz CT molecular complexity index is 323. The Labute approximate surface area is 129 Å². The second-order valence-electron chi connectivity index (χ2n) is 7.56. The lowest BCUT2D eigenvalue weighted by molar-refractivity contribution is -0.642. The normalized spacial score (nSPS) is 31.4. The van der Waals surface area contributed by atoms with Gasteiger partial charge in [-0.25, -0.2) is 0 Å². The fourth-order valence-electron chi connectivity index (χ4n) is 2.50. The molecular weight excluding hydrogens is 304 g/mol. The minimum atomic E-state index is -1.75. The van der Waals surface area contributed by atoms with Crippen LogP contribution in [0.3, 0.4) is 0 Å². The second kappa shape index (κ2) is 6.31. The van der Waals surface area contributed by atoms with Crippen LogP contribution in [0.15, 0.2) is 0 Å². The zero-order valence-electron chi connectivity index (χ0n) is 14.5. The number of rotatable bonds is 8. The lowest BCUT2D eigenvalue weighted by Gasteiger charge is -2.58. The van der Waals surface area contributed by atoms with Crippen LogP contribution in [0.5, 0.6) is 0 Å². The van der Waals surface area contributed by atoms with Crippen molar-refractivity contribution in [1.82, 2.24) is 0 Å². The molecule has 0 aromatic rings. The zero-order chi connectivity index (χ0) is 15.7. The van der Waals surface area contributed by atoms with Gasteiger partial charge in [-0.15, -0.1) is 0 Å². The van der Waals surface area contributed by atoms with Crippen molar-refractivity contribution < 1.29 is 18.6 Å². The molecule has 0 aromatic heterocycles. The van der Waals surface area contributed by atoms with E-state index in [1.54, 1.807) is 0 Å². The molecule has 0 N–H and O–H groups in total. The topological polar surface area (TPSA) is 36.9 Å². The van der Waals surface area contributed by atoms with E-state index in [1.807, 2.05) is 0 Å². The third-order valence-electron chi connectivity index (χ3n) is 3.16. The number of hydrogen-bond donors (Lipinski definition) is 0. The van der Waals surface area contributed by atoms with Crippen molar-refractivity contribution in [3.05, 3.63) is 0 Å². The van der Waals surface area contributed by atoms with Gasteiger partial charge < -0.3 is 8.85 Å². The molecule has 1 aliphatic rings. The second-order valence-corrected chi connectivity index (χ2v) is 17.4. The Morgan fingerprint density at radius 2 is 1.35 bits per heavy atom. The molecule has 1 saturated heterocycles. The van der Waals surface area contributed by atoms with Gasteiger partial charge >= 0.3 is 0 Å². The van der Waals surface area contributed by atoms with Crippen LogP contribution in [0.4, 0.5) is 0 Å². The van der Waals surface area contributed by atoms with Gasteiger partial charge in [-0.1, -0.05) is 19.4 Å². The highest BCUT2D eigenvalue weighted by atomic mass is 28.4. The maximum Gasteiger partial charge on any atom is 0.249 e. The molecule has 4 nitrogen and oxygen atoms in total. The Morgan fingerprint density at radius 1 is 0.900 bits per heavy atom. The van der Waals surface area contributed by atoms with Crippen molar-refractivity contribution >= 4 is 26.9 Å². The van der Waals surface area contributed by atoms with E-state index < -0.39 is 28.2 Å². The van der Waals surface area contributed by atoms with E-state index in [2.05, 4.69) is 46.2 Å². The summed E-state index contributed by atoms with van der Waals surface area (Å²) in [4.78, 5) is 11.1. The molecule has 20 heavy (non-hydrogen) atoms. The third-order valence-corrected chi connectivity index (χ3v) is 5.75. The highest BCUT2D eigenvalue weighted by molar-refractivity contribution is 6.70. The predicted molar refractivity (Wildman–Crippen MR) is 90.8 cm³/mol. The third kappa shape index (κ3) is 4.25. The molecule has 7 heteroatoms. The lowest BCUT2D eigenvalue weighted by atomic mass is 9.97. The highest BCUT2D eigenvalue weighted by Gasteiger charge is 2.67. The van der Waals surface area contributed by atoms with E-state index in [9.17, 15) is 0 Å². The molecule has 0 bridgehead atoms. The molecule has 0 aliphatic carbocycles. The number of hydrogen-bond acceptors (Lipinski definition) is 4. The molecule has 0 spiro atoms. The molecule has 1 heterocycles. The predicted octanol–water partition coefficient (Wildman–Crippen LogP) is 3.02. The van der Waals surface area contributed by atoms with Crippen molar-refractivity contribution in [3.8, 4) is 0 Å². The van der Waals surface area contributed by atoms with Crippen LogP contribution in [0.25, 0.3) is 0 Å². The molecule has 1 rings (SSSR count). The maximum atomic E-state index is 6.42. The van der Waals surface area contributed by atoms with E-state index in [1.165, 1.54) is 16.3 Å². The first-order chi connectivity index (χ1) is 8.99. The summed E-state index contributed by atoms with van der Waals surface area (Å²) in [5, 5.41) is 0. The van der Waals surface area contributed by atoms with Crippen LogP contribution < -0.4 is 0 Å². The van der Waals surface area contributed by atoms with Gasteiger partial charge in [0.15, 0.2) is 16.6 Å². The minimum absolute atomic E-state index is 0.698. The van der Waals surface area contributed by atoms with Gasteiger partial charge in [0.2, 0.25) is 11.6 Å². The fraction of sp³-hybridized carbons (Fsp3) is 1.00. The molecule has 120 valence electrons. The first-order valence-electron chi connectivity index (χ1n) is 7.76. The maximum absolute atomic E-state index is 6.42. The molecule has 1 aliphatic heterocycles. The summed E-state index contributed by atoms with van der Waals surface area (Å²) >= 11 is 0. The van der Waals surface area contributed by atoms with E-state index in [4.69, 9.17) is 18.6 Å². The molecule has 2 unspecified atom stereocenters. The summed E-state index contributed by atoms with van der Waals surface area (Å²) in [5.41, 5.74) is 0. The summed E-state index contributed by atoms with van der Waals surface area (Å²) in [5.74, 6) is -1.41. The van der Waals surface area contributed by atoms with Gasteiger partial charge in [0.25, 0.3) is 0 Å². The summed E-state index contributed by atoms with van der Waals surface area (Å²) < 4.78 is 12.8. The Kier molecular flexibility index (Phi) is 5.85. The Morgan fingerprint density at radius 3 is 1.65 bits per heavy atom. The lowest BCUT2D eigenvalue weighted by Crippen LogP contribution is -2.73. The van der Waals surface area contributed by atoms with Crippen LogP contribution in [0, 0.1) is 0 Å². The first-order valence-corrected chi connectivity index (χ1v) is 16.0. The standard InChI is InChI=1S/C13H32O4Si3/c1-8-12(16-19(2,3)4)13(15-14-12,10-9-11-18)17-20(5,6)7/h8-11H2,1-7,18H3. The van der Waals surface area contributed by atoms with Gasteiger partial charge in [0.1, 0.15) is 0 Å². The van der Waals surface area contributed by atoms with Gasteiger partial charge in [0, 0.05) is 23.1 Å². The van der Waals surface area contributed by atoms with Crippen LogP contribution in [-0.2, 0) is 18.6 Å². The van der Waals surface area contributed by atoms with Crippen LogP contribution >= 0.6 is 0 Å². The molecule has 0 radical (unpaired) electrons. The average Bonchev–Trinajstić information content (AvgIpc) is 2.27. The fourth-order valence-corrected chi connectivity index (χ4v) is 5.46. The molecule has 0 saturated carbocycles. The van der Waals surface area contributed by atoms with E-state index >= 15 is 0 Å². The van der Waals surface area contributed by atoms with E-state index in [0.29, 0.717) is 0 Å². The van der Waals surface area contributed by atoms with Gasteiger partial charge in [-0.05, 0) is 39.3 Å². The van der Waals surface area contributed by atoms with Crippen molar-refractivity contribution in [3.63, 3.8) is 0 Å². The quantitative estimate of drug-likeness (QED) is 0.504. The van der Waals surface area contributed by atoms with Gasteiger partial charge in [0.05, 0.1) is 0 Å². The molecule has 0 amide bonds. The largest absolute Gasteiger partial charge is 0.385 e. The van der Waals surface area contributed by atoms with Gasteiger partial charge in [-0.3, -0.25) is 0 Å². The van der Waals surface area contributed by atoms with Crippen LogP contribution in [0.2, 0.25) is 45.3 Å². The van der Waals surface area contributed by atoms with E-state index in [0.717, 1.165) is 19.3 Å². The van der Waals surface area contributed by atoms with Crippen LogP contribution in [0.1, 0.15) is 26.2 Å². The summed E-state index contributed by atoms with van der Waals surface area (Å²) in [7, 11) is -2.29. The van der Waals surface area contributed by atoms with Crippen molar-refractivity contribution in [2.24, 2.45) is 0 Å². The SMILES string of the molecule is CCC1(O[Si](C)(C)C)OOC1(CCC[SiH3])O[Si](C)(C)C. The Hall–Kier alpha value is 0.491. The molecule has 0 aromatic carbocycles. The summed E-state index contributed by atoms with van der Waals surface area (Å²) in [6.45, 7) is 15.2. The smallest absolute Gasteiger partial charge is 0.249 e. The van der Waals surface area contributed by atoms with Crippen molar-refractivity contribution in [2.45, 2.75) is 83.1 Å². The zero-order valence-corrected chi connectivity index (χ0v) is 18.5. The van der Waals surface area contributed by atoms with Gasteiger partial charge in [-0.2, -0.15) is 9.78 Å². The summed E-state index contributed by atoms with van der Waals surface area (Å²) in [6.07, 6.45) is 2.72. The van der Waals surface area contributed by atoms with Crippen molar-refractivity contribution in [2.75, 3.05) is 0 Å². The Balaban J connectivity index is 3.02. The highest BCUT2D eigenvalue weighted by Crippen LogP contribution is 2.50. The minimum Gasteiger partial charge on any atom is -0.385 e. The average molecular weight is 337 g/mol. The molecule has 1 fully saturated rings. The molecular formula is C13H32O4Si3. The van der Waals surface area contributed by atoms with E-state index in [-0.39, 0.29) is 0 Å². The monoisotopic (exact) mass is 336 g/mol. The molecule has 2 atom stereocenters.